The summed E-state index contributed by atoms with van der Waals surface area (Å²) in [6.07, 6.45) is 1.72. The Balaban J connectivity index is 1.95. The van der Waals surface area contributed by atoms with Crippen molar-refractivity contribution in [1.82, 2.24) is 5.32 Å². The summed E-state index contributed by atoms with van der Waals surface area (Å²) in [5, 5.41) is 3.98. The van der Waals surface area contributed by atoms with Crippen LogP contribution in [0.15, 0.2) is 35.5 Å². The van der Waals surface area contributed by atoms with E-state index in [1.54, 1.807) is 0 Å². The lowest BCUT2D eigenvalue weighted by atomic mass is 9.94. The number of methoxy groups -OCH3 is 1. The van der Waals surface area contributed by atoms with Gasteiger partial charge >= 0.3 is 5.97 Å². The van der Waals surface area contributed by atoms with Crippen molar-refractivity contribution in [3.63, 3.8) is 0 Å². The van der Waals surface area contributed by atoms with E-state index in [-0.39, 0.29) is 5.97 Å². The molecule has 1 aliphatic rings. The minimum absolute atomic E-state index is 0.227. The Morgan fingerprint density at radius 1 is 1.35 bits per heavy atom. The first-order valence-electron chi connectivity index (χ1n) is 5.49. The van der Waals surface area contributed by atoms with Crippen LogP contribution in [0.1, 0.15) is 18.4 Å². The average molecular weight is 252 g/mol. The van der Waals surface area contributed by atoms with Gasteiger partial charge < -0.3 is 10.1 Å². The maximum Gasteiger partial charge on any atom is 0.335 e. The predicted molar refractivity (Wildman–Crippen MR) is 66.6 cm³/mol. The molecule has 2 rings (SSSR count). The van der Waals surface area contributed by atoms with Crippen LogP contribution in [0.5, 0.6) is 0 Å². The van der Waals surface area contributed by atoms with Crippen LogP contribution in [0, 0.1) is 0 Å². The second-order valence-electron chi connectivity index (χ2n) is 3.93. The number of halogens is 1. The van der Waals surface area contributed by atoms with Crippen LogP contribution in [-0.2, 0) is 16.1 Å². The van der Waals surface area contributed by atoms with Crippen molar-refractivity contribution in [1.29, 1.82) is 0 Å². The molecular formula is C13H14ClNO2. The maximum absolute atomic E-state index is 11.3. The fourth-order valence-corrected chi connectivity index (χ4v) is 1.86. The lowest BCUT2D eigenvalue weighted by Crippen LogP contribution is -2.25. The van der Waals surface area contributed by atoms with Crippen molar-refractivity contribution >= 4 is 17.6 Å². The maximum atomic E-state index is 11.3. The molecule has 17 heavy (non-hydrogen) atoms. The van der Waals surface area contributed by atoms with E-state index < -0.39 is 0 Å². The zero-order valence-corrected chi connectivity index (χ0v) is 10.4. The number of hydrogen-bond acceptors (Lipinski definition) is 3. The van der Waals surface area contributed by atoms with E-state index in [1.165, 1.54) is 7.11 Å². The molecule has 0 bridgehead atoms. The number of nitrogens with one attached hydrogen (secondary N) is 1. The van der Waals surface area contributed by atoms with Gasteiger partial charge in [-0.25, -0.2) is 4.79 Å². The lowest BCUT2D eigenvalue weighted by molar-refractivity contribution is -0.136. The molecule has 0 heterocycles. The van der Waals surface area contributed by atoms with Crippen LogP contribution in [0.4, 0.5) is 0 Å². The molecule has 0 atom stereocenters. The Morgan fingerprint density at radius 3 is 2.59 bits per heavy atom. The van der Waals surface area contributed by atoms with E-state index in [4.69, 9.17) is 16.3 Å². The molecule has 0 aliphatic heterocycles. The molecule has 4 heteroatoms. The SMILES string of the molecule is COC(=O)C1=C(NCc2ccc(Cl)cc2)CC1. The summed E-state index contributed by atoms with van der Waals surface area (Å²) in [6, 6.07) is 7.64. The summed E-state index contributed by atoms with van der Waals surface area (Å²) in [7, 11) is 1.41. The van der Waals surface area contributed by atoms with Crippen LogP contribution in [-0.4, -0.2) is 13.1 Å². The molecule has 0 spiro atoms. The van der Waals surface area contributed by atoms with Gasteiger partial charge in [0, 0.05) is 17.3 Å². The van der Waals surface area contributed by atoms with Crippen LogP contribution >= 0.6 is 11.6 Å². The normalized spacial score (nSPS) is 14.2. The summed E-state index contributed by atoms with van der Waals surface area (Å²) in [4.78, 5) is 11.3. The number of allylic oxidation sites excluding steroid dienone is 1. The van der Waals surface area contributed by atoms with Crippen LogP contribution < -0.4 is 5.32 Å². The molecule has 1 aliphatic carbocycles. The number of carbonyl (C=O) groups is 1. The molecule has 1 aromatic carbocycles. The molecule has 90 valence electrons. The van der Waals surface area contributed by atoms with E-state index in [0.717, 1.165) is 34.7 Å². The summed E-state index contributed by atoms with van der Waals surface area (Å²) < 4.78 is 4.70. The van der Waals surface area contributed by atoms with Gasteiger partial charge in [0.2, 0.25) is 0 Å². The average Bonchev–Trinajstić information content (AvgIpc) is 2.30. The van der Waals surface area contributed by atoms with E-state index in [9.17, 15) is 4.79 Å². The Hall–Kier alpha value is -1.48. The van der Waals surface area contributed by atoms with Gasteiger partial charge in [0.05, 0.1) is 12.7 Å². The molecule has 0 saturated heterocycles. The fourth-order valence-electron chi connectivity index (χ4n) is 1.73. The van der Waals surface area contributed by atoms with E-state index in [1.807, 2.05) is 24.3 Å². The first-order valence-corrected chi connectivity index (χ1v) is 5.87. The molecule has 1 aromatic rings. The Labute approximate surface area is 105 Å². The van der Waals surface area contributed by atoms with Gasteiger partial charge in [0.1, 0.15) is 0 Å². The van der Waals surface area contributed by atoms with Gasteiger partial charge in [0.15, 0.2) is 0 Å². The van der Waals surface area contributed by atoms with Crippen LogP contribution in [0.3, 0.4) is 0 Å². The molecule has 0 saturated carbocycles. The number of carbonyl (C=O) groups excluding carboxylic acids is 1. The highest BCUT2D eigenvalue weighted by Crippen LogP contribution is 2.26. The minimum Gasteiger partial charge on any atom is -0.466 e. The highest BCUT2D eigenvalue weighted by molar-refractivity contribution is 6.30. The molecule has 0 aromatic heterocycles. The second kappa shape index (κ2) is 5.23. The molecule has 0 radical (unpaired) electrons. The van der Waals surface area contributed by atoms with Gasteiger partial charge in [-0.3, -0.25) is 0 Å². The molecule has 0 unspecified atom stereocenters. The third-order valence-electron chi connectivity index (χ3n) is 2.84. The number of ether oxygens (including phenoxy) is 1. The fraction of sp³-hybridized carbons (Fsp3) is 0.308. The van der Waals surface area contributed by atoms with E-state index in [0.29, 0.717) is 6.54 Å². The smallest absolute Gasteiger partial charge is 0.335 e. The van der Waals surface area contributed by atoms with Crippen molar-refractivity contribution in [3.8, 4) is 0 Å². The van der Waals surface area contributed by atoms with Crippen molar-refractivity contribution in [2.75, 3.05) is 7.11 Å². The molecule has 3 nitrogen and oxygen atoms in total. The predicted octanol–water partition coefficient (Wildman–Crippen LogP) is 2.65. The van der Waals surface area contributed by atoms with E-state index in [2.05, 4.69) is 5.32 Å². The number of rotatable bonds is 4. The second-order valence-corrected chi connectivity index (χ2v) is 4.37. The van der Waals surface area contributed by atoms with Crippen LogP contribution in [0.25, 0.3) is 0 Å². The number of hydrogen-bond donors (Lipinski definition) is 1. The van der Waals surface area contributed by atoms with E-state index >= 15 is 0 Å². The van der Waals surface area contributed by atoms with Crippen molar-refractivity contribution < 1.29 is 9.53 Å². The monoisotopic (exact) mass is 251 g/mol. The molecular weight excluding hydrogens is 238 g/mol. The van der Waals surface area contributed by atoms with Crippen molar-refractivity contribution in [2.24, 2.45) is 0 Å². The largest absolute Gasteiger partial charge is 0.466 e. The summed E-state index contributed by atoms with van der Waals surface area (Å²) in [5.41, 5.74) is 2.89. The third kappa shape index (κ3) is 2.80. The third-order valence-corrected chi connectivity index (χ3v) is 3.09. The Morgan fingerprint density at radius 2 is 2.06 bits per heavy atom. The summed E-state index contributed by atoms with van der Waals surface area (Å²) in [6.45, 7) is 0.701. The molecule has 0 fully saturated rings. The standard InChI is InChI=1S/C13H14ClNO2/c1-17-13(16)11-6-7-12(11)15-8-9-2-4-10(14)5-3-9/h2-5,15H,6-8H2,1H3. The summed E-state index contributed by atoms with van der Waals surface area (Å²) >= 11 is 5.81. The van der Waals surface area contributed by atoms with Gasteiger partial charge in [-0.1, -0.05) is 23.7 Å². The van der Waals surface area contributed by atoms with Gasteiger partial charge in [-0.05, 0) is 30.5 Å². The minimum atomic E-state index is -0.227. The topological polar surface area (TPSA) is 38.3 Å². The van der Waals surface area contributed by atoms with Crippen molar-refractivity contribution in [2.45, 2.75) is 19.4 Å². The Kier molecular flexibility index (Phi) is 3.69. The van der Waals surface area contributed by atoms with Gasteiger partial charge in [0.25, 0.3) is 0 Å². The lowest BCUT2D eigenvalue weighted by Gasteiger charge is -2.23. The highest BCUT2D eigenvalue weighted by atomic mass is 35.5. The highest BCUT2D eigenvalue weighted by Gasteiger charge is 2.23. The van der Waals surface area contributed by atoms with Gasteiger partial charge in [-0.15, -0.1) is 0 Å². The Bertz CT molecular complexity index is 451. The molecule has 1 N–H and O–H groups in total. The number of benzene rings is 1. The van der Waals surface area contributed by atoms with Crippen molar-refractivity contribution in [3.05, 3.63) is 46.1 Å². The first-order chi connectivity index (χ1) is 8.20. The quantitative estimate of drug-likeness (QED) is 0.836. The summed E-state index contributed by atoms with van der Waals surface area (Å²) in [5.74, 6) is -0.227. The zero-order chi connectivity index (χ0) is 12.3. The zero-order valence-electron chi connectivity index (χ0n) is 9.63. The number of esters is 1. The molecule has 0 amide bonds. The first kappa shape index (κ1) is 12.0. The van der Waals surface area contributed by atoms with Crippen LogP contribution in [0.2, 0.25) is 5.02 Å². The van der Waals surface area contributed by atoms with Gasteiger partial charge in [-0.2, -0.15) is 0 Å².